The number of nitrogens with one attached hydrogen (secondary N) is 2. The van der Waals surface area contributed by atoms with Gasteiger partial charge in [-0.1, -0.05) is 24.3 Å². The molecule has 0 aliphatic heterocycles. The van der Waals surface area contributed by atoms with E-state index in [0.29, 0.717) is 11.1 Å². The molecular formula is C20H16N4O3. The first-order chi connectivity index (χ1) is 13.1. The summed E-state index contributed by atoms with van der Waals surface area (Å²) in [6.45, 7) is 1.52. The number of esters is 1. The molecule has 2 heterocycles. The number of carbonyl (C=O) groups excluding carboxylic acids is 2. The van der Waals surface area contributed by atoms with E-state index in [4.69, 9.17) is 4.74 Å². The predicted molar refractivity (Wildman–Crippen MR) is 101 cm³/mol. The Balaban J connectivity index is 1.50. The van der Waals surface area contributed by atoms with E-state index in [1.807, 2.05) is 24.3 Å². The van der Waals surface area contributed by atoms with Crippen LogP contribution >= 0.6 is 0 Å². The molecule has 0 spiro atoms. The maximum Gasteiger partial charge on any atom is 0.360 e. The van der Waals surface area contributed by atoms with Crippen LogP contribution in [0.5, 0.6) is 0 Å². The Kier molecular flexibility index (Phi) is 4.25. The number of nitrogens with zero attached hydrogens (tertiary/aromatic N) is 2. The van der Waals surface area contributed by atoms with Crippen LogP contribution in [0.4, 0.5) is 5.69 Å². The Morgan fingerprint density at radius 1 is 1.04 bits per heavy atom. The Morgan fingerprint density at radius 3 is 2.74 bits per heavy atom. The van der Waals surface area contributed by atoms with E-state index in [1.54, 1.807) is 36.5 Å². The zero-order chi connectivity index (χ0) is 18.8. The average molecular weight is 360 g/mol. The minimum atomic E-state index is -0.986. The number of hydrogen-bond donors (Lipinski definition) is 2. The molecule has 0 saturated heterocycles. The van der Waals surface area contributed by atoms with E-state index < -0.39 is 18.0 Å². The lowest BCUT2D eigenvalue weighted by Crippen LogP contribution is -2.30. The fourth-order valence-electron chi connectivity index (χ4n) is 2.84. The first-order valence-electron chi connectivity index (χ1n) is 8.42. The summed E-state index contributed by atoms with van der Waals surface area (Å²) in [6, 6.07) is 16.3. The van der Waals surface area contributed by atoms with Gasteiger partial charge in [-0.15, -0.1) is 0 Å². The van der Waals surface area contributed by atoms with Crippen LogP contribution in [0.25, 0.3) is 21.8 Å². The molecular weight excluding hydrogens is 344 g/mol. The van der Waals surface area contributed by atoms with Gasteiger partial charge in [0.05, 0.1) is 16.7 Å². The van der Waals surface area contributed by atoms with Crippen molar-refractivity contribution in [2.75, 3.05) is 5.32 Å². The van der Waals surface area contributed by atoms with Crippen molar-refractivity contribution in [1.29, 1.82) is 0 Å². The molecule has 7 heteroatoms. The van der Waals surface area contributed by atoms with Crippen molar-refractivity contribution in [1.82, 2.24) is 15.2 Å². The molecule has 0 aliphatic carbocycles. The first kappa shape index (κ1) is 16.7. The Labute approximate surface area is 154 Å². The quantitative estimate of drug-likeness (QED) is 0.544. The third-order valence-electron chi connectivity index (χ3n) is 4.22. The van der Waals surface area contributed by atoms with E-state index in [1.165, 1.54) is 6.92 Å². The molecule has 0 aliphatic rings. The third kappa shape index (κ3) is 3.22. The molecule has 0 fully saturated rings. The van der Waals surface area contributed by atoms with Crippen molar-refractivity contribution < 1.29 is 14.3 Å². The predicted octanol–water partition coefficient (Wildman–Crippen LogP) is 3.30. The minimum absolute atomic E-state index is 0.152. The molecule has 0 bridgehead atoms. The number of para-hydroxylation sites is 1. The fourth-order valence-corrected chi connectivity index (χ4v) is 2.84. The Morgan fingerprint density at radius 2 is 1.85 bits per heavy atom. The Bertz CT molecular complexity index is 1150. The molecule has 1 atom stereocenters. The highest BCUT2D eigenvalue weighted by atomic mass is 16.5. The van der Waals surface area contributed by atoms with E-state index in [9.17, 15) is 9.59 Å². The number of anilines is 1. The SMILES string of the molecule is C[C@@H](OC(=O)c1n[nH]c2ccccc12)C(=O)Nc1cccc2ncccc12. The standard InChI is InChI=1S/C20H16N4O3/c1-12(27-20(26)18-14-6-2-3-8-17(14)23-24-18)19(25)22-16-10-4-9-15-13(16)7-5-11-21-15/h2-12H,1H3,(H,22,25)(H,23,24)/t12-/m1/s1. The second-order valence-corrected chi connectivity index (χ2v) is 6.03. The van der Waals surface area contributed by atoms with Crippen molar-refractivity contribution in [3.63, 3.8) is 0 Å². The number of hydrogen-bond acceptors (Lipinski definition) is 5. The van der Waals surface area contributed by atoms with Gasteiger partial charge in [-0.2, -0.15) is 5.10 Å². The molecule has 4 aromatic rings. The number of carbonyl (C=O) groups is 2. The smallest absolute Gasteiger partial charge is 0.360 e. The van der Waals surface area contributed by atoms with Crippen LogP contribution in [0.3, 0.4) is 0 Å². The molecule has 2 N–H and O–H groups in total. The monoisotopic (exact) mass is 360 g/mol. The number of aromatic nitrogens is 3. The summed E-state index contributed by atoms with van der Waals surface area (Å²) in [5, 5.41) is 11.0. The number of H-pyrrole nitrogens is 1. The molecule has 2 aromatic heterocycles. The average Bonchev–Trinajstić information content (AvgIpc) is 3.12. The number of amides is 1. The van der Waals surface area contributed by atoms with Crippen molar-refractivity contribution in [2.45, 2.75) is 13.0 Å². The van der Waals surface area contributed by atoms with Crippen LogP contribution in [0.15, 0.2) is 60.8 Å². The van der Waals surface area contributed by atoms with Gasteiger partial charge in [0.2, 0.25) is 0 Å². The summed E-state index contributed by atoms with van der Waals surface area (Å²) in [5.74, 6) is -1.09. The van der Waals surface area contributed by atoms with Gasteiger partial charge in [0.15, 0.2) is 11.8 Å². The van der Waals surface area contributed by atoms with Crippen LogP contribution in [-0.2, 0) is 9.53 Å². The molecule has 7 nitrogen and oxygen atoms in total. The number of fused-ring (bicyclic) bond motifs is 2. The molecule has 4 rings (SSSR count). The number of rotatable bonds is 4. The maximum absolute atomic E-state index is 12.5. The second kappa shape index (κ2) is 6.87. The third-order valence-corrected chi connectivity index (χ3v) is 4.22. The van der Waals surface area contributed by atoms with Gasteiger partial charge >= 0.3 is 5.97 Å². The fraction of sp³-hybridized carbons (Fsp3) is 0.100. The van der Waals surface area contributed by atoms with Gasteiger partial charge in [-0.25, -0.2) is 4.79 Å². The van der Waals surface area contributed by atoms with Gasteiger partial charge < -0.3 is 10.1 Å². The molecule has 27 heavy (non-hydrogen) atoms. The first-order valence-corrected chi connectivity index (χ1v) is 8.42. The van der Waals surface area contributed by atoms with Gasteiger partial charge in [-0.05, 0) is 37.3 Å². The molecule has 134 valence electrons. The van der Waals surface area contributed by atoms with Gasteiger partial charge in [0, 0.05) is 17.0 Å². The highest BCUT2D eigenvalue weighted by molar-refractivity contribution is 6.05. The summed E-state index contributed by atoms with van der Waals surface area (Å²) in [4.78, 5) is 29.1. The van der Waals surface area contributed by atoms with Crippen LogP contribution in [0.1, 0.15) is 17.4 Å². The van der Waals surface area contributed by atoms with Gasteiger partial charge in [-0.3, -0.25) is 14.9 Å². The number of aromatic amines is 1. The van der Waals surface area contributed by atoms with Crippen LogP contribution in [0, 0.1) is 0 Å². The highest BCUT2D eigenvalue weighted by Gasteiger charge is 2.22. The number of benzene rings is 2. The molecule has 1 amide bonds. The van der Waals surface area contributed by atoms with Crippen LogP contribution in [0.2, 0.25) is 0 Å². The van der Waals surface area contributed by atoms with Crippen LogP contribution < -0.4 is 5.32 Å². The molecule has 0 unspecified atom stereocenters. The second-order valence-electron chi connectivity index (χ2n) is 6.03. The molecule has 0 saturated carbocycles. The normalized spacial score (nSPS) is 12.0. The van der Waals surface area contributed by atoms with Crippen molar-refractivity contribution in [2.24, 2.45) is 0 Å². The van der Waals surface area contributed by atoms with Crippen molar-refractivity contribution in [3.8, 4) is 0 Å². The zero-order valence-corrected chi connectivity index (χ0v) is 14.5. The maximum atomic E-state index is 12.5. The summed E-state index contributed by atoms with van der Waals surface area (Å²) in [6.07, 6.45) is 0.701. The summed E-state index contributed by atoms with van der Waals surface area (Å²) >= 11 is 0. The van der Waals surface area contributed by atoms with Gasteiger partial charge in [0.25, 0.3) is 5.91 Å². The van der Waals surface area contributed by atoms with Crippen LogP contribution in [-0.4, -0.2) is 33.2 Å². The lowest BCUT2D eigenvalue weighted by atomic mass is 10.2. The minimum Gasteiger partial charge on any atom is -0.448 e. The summed E-state index contributed by atoms with van der Waals surface area (Å²) in [7, 11) is 0. The van der Waals surface area contributed by atoms with E-state index in [0.717, 1.165) is 16.4 Å². The molecule has 0 radical (unpaired) electrons. The molecule has 2 aromatic carbocycles. The topological polar surface area (TPSA) is 97.0 Å². The van der Waals surface area contributed by atoms with E-state index in [-0.39, 0.29) is 5.69 Å². The number of pyridine rings is 1. The van der Waals surface area contributed by atoms with Crippen molar-refractivity contribution >= 4 is 39.4 Å². The van der Waals surface area contributed by atoms with Crippen molar-refractivity contribution in [3.05, 3.63) is 66.5 Å². The van der Waals surface area contributed by atoms with E-state index in [2.05, 4.69) is 20.5 Å². The Hall–Kier alpha value is -3.74. The lowest BCUT2D eigenvalue weighted by Gasteiger charge is -2.14. The highest BCUT2D eigenvalue weighted by Crippen LogP contribution is 2.22. The lowest BCUT2D eigenvalue weighted by molar-refractivity contribution is -0.123. The van der Waals surface area contributed by atoms with E-state index >= 15 is 0 Å². The largest absolute Gasteiger partial charge is 0.448 e. The zero-order valence-electron chi connectivity index (χ0n) is 14.5. The summed E-state index contributed by atoms with van der Waals surface area (Å²) < 4.78 is 5.30. The number of ether oxygens (including phenoxy) is 1. The van der Waals surface area contributed by atoms with Gasteiger partial charge in [0.1, 0.15) is 0 Å². The summed E-state index contributed by atoms with van der Waals surface area (Å²) in [5.41, 5.74) is 2.26.